The van der Waals surface area contributed by atoms with Gasteiger partial charge in [-0.1, -0.05) is 26.0 Å². The van der Waals surface area contributed by atoms with E-state index in [0.717, 1.165) is 62.1 Å². The second-order valence-electron chi connectivity index (χ2n) is 7.38. The molecular formula is C22H29N5O. The summed E-state index contributed by atoms with van der Waals surface area (Å²) in [5.74, 6) is 2.44. The Morgan fingerprint density at radius 3 is 2.82 bits per heavy atom. The van der Waals surface area contributed by atoms with Crippen molar-refractivity contribution in [3.05, 3.63) is 48.2 Å². The van der Waals surface area contributed by atoms with Gasteiger partial charge in [-0.05, 0) is 49.1 Å². The Labute approximate surface area is 167 Å². The maximum Gasteiger partial charge on any atom is 0.151 e. The Morgan fingerprint density at radius 2 is 2.07 bits per heavy atom. The van der Waals surface area contributed by atoms with Gasteiger partial charge in [0.2, 0.25) is 0 Å². The van der Waals surface area contributed by atoms with Crippen molar-refractivity contribution < 1.29 is 4.74 Å². The molecule has 1 unspecified atom stereocenters. The van der Waals surface area contributed by atoms with Crippen LogP contribution in [0.1, 0.15) is 13.8 Å². The Balaban J connectivity index is 1.39. The minimum Gasteiger partial charge on any atom is -0.492 e. The van der Waals surface area contributed by atoms with Gasteiger partial charge in [0.15, 0.2) is 5.82 Å². The number of nitrogens with one attached hydrogen (secondary N) is 1. The van der Waals surface area contributed by atoms with Crippen molar-refractivity contribution in [1.29, 1.82) is 0 Å². The molecule has 2 aromatic rings. The molecule has 148 valence electrons. The molecule has 1 fully saturated rings. The van der Waals surface area contributed by atoms with Crippen molar-refractivity contribution in [1.82, 2.24) is 20.4 Å². The molecule has 2 aliphatic heterocycles. The summed E-state index contributed by atoms with van der Waals surface area (Å²) in [6, 6.07) is 12.2. The normalized spacial score (nSPS) is 18.2. The van der Waals surface area contributed by atoms with Crippen LogP contribution in [0.2, 0.25) is 0 Å². The summed E-state index contributed by atoms with van der Waals surface area (Å²) in [6.45, 7) is 11.1. The summed E-state index contributed by atoms with van der Waals surface area (Å²) in [5, 5.41) is 12.3. The number of anilines is 1. The third-order valence-corrected chi connectivity index (χ3v) is 5.67. The predicted octanol–water partition coefficient (Wildman–Crippen LogP) is 2.79. The molecule has 0 bridgehead atoms. The summed E-state index contributed by atoms with van der Waals surface area (Å²) in [7, 11) is 0. The summed E-state index contributed by atoms with van der Waals surface area (Å²) in [4.78, 5) is 4.66. The van der Waals surface area contributed by atoms with Crippen LogP contribution in [0.4, 0.5) is 5.82 Å². The van der Waals surface area contributed by atoms with Crippen LogP contribution >= 0.6 is 0 Å². The second-order valence-corrected chi connectivity index (χ2v) is 7.38. The van der Waals surface area contributed by atoms with Crippen LogP contribution in [0.25, 0.3) is 11.3 Å². The largest absolute Gasteiger partial charge is 0.492 e. The summed E-state index contributed by atoms with van der Waals surface area (Å²) in [5.41, 5.74) is 3.38. The first-order valence-corrected chi connectivity index (χ1v) is 10.2. The van der Waals surface area contributed by atoms with Gasteiger partial charge in [-0.3, -0.25) is 0 Å². The Kier molecular flexibility index (Phi) is 5.76. The van der Waals surface area contributed by atoms with Crippen molar-refractivity contribution in [3.8, 4) is 17.0 Å². The van der Waals surface area contributed by atoms with Crippen molar-refractivity contribution >= 4 is 5.82 Å². The second kappa shape index (κ2) is 8.61. The summed E-state index contributed by atoms with van der Waals surface area (Å²) in [6.07, 6.45) is 2.15. The van der Waals surface area contributed by atoms with E-state index in [4.69, 9.17) is 4.74 Å². The van der Waals surface area contributed by atoms with Crippen LogP contribution in [0, 0.1) is 5.92 Å². The third kappa shape index (κ3) is 4.12. The van der Waals surface area contributed by atoms with Gasteiger partial charge in [-0.25, -0.2) is 0 Å². The molecule has 0 aliphatic carbocycles. The van der Waals surface area contributed by atoms with E-state index in [1.807, 2.05) is 18.2 Å². The smallest absolute Gasteiger partial charge is 0.151 e. The molecule has 0 saturated carbocycles. The van der Waals surface area contributed by atoms with Crippen LogP contribution in [-0.4, -0.2) is 61.0 Å². The highest BCUT2D eigenvalue weighted by Gasteiger charge is 2.30. The van der Waals surface area contributed by atoms with Gasteiger partial charge in [0, 0.05) is 37.7 Å². The lowest BCUT2D eigenvalue weighted by Gasteiger charge is -2.18. The SMILES string of the molecule is CCN(CC)CCOc1cccc(-c2ccc(N3CC4=CNCC4C3)nn2)c1. The van der Waals surface area contributed by atoms with E-state index >= 15 is 0 Å². The Hall–Kier alpha value is -2.60. The first kappa shape index (κ1) is 18.7. The van der Waals surface area contributed by atoms with Crippen molar-refractivity contribution in [3.63, 3.8) is 0 Å². The van der Waals surface area contributed by atoms with Gasteiger partial charge in [0.05, 0.1) is 5.69 Å². The number of hydrogen-bond donors (Lipinski definition) is 1. The molecule has 6 nitrogen and oxygen atoms in total. The minimum atomic E-state index is 0.617. The molecule has 0 amide bonds. The predicted molar refractivity (Wildman–Crippen MR) is 113 cm³/mol. The third-order valence-electron chi connectivity index (χ3n) is 5.67. The number of aromatic nitrogens is 2. The molecule has 0 radical (unpaired) electrons. The maximum atomic E-state index is 5.94. The maximum absolute atomic E-state index is 5.94. The minimum absolute atomic E-state index is 0.617. The van der Waals surface area contributed by atoms with Gasteiger partial charge in [0.1, 0.15) is 12.4 Å². The number of nitrogens with zero attached hydrogens (tertiary/aromatic N) is 4. The number of ether oxygens (including phenoxy) is 1. The fourth-order valence-electron chi connectivity index (χ4n) is 3.89. The van der Waals surface area contributed by atoms with Gasteiger partial charge in [-0.2, -0.15) is 0 Å². The molecule has 0 spiro atoms. The number of hydrogen-bond acceptors (Lipinski definition) is 6. The molecule has 1 aromatic heterocycles. The molecule has 3 heterocycles. The molecule has 1 N–H and O–H groups in total. The van der Waals surface area contributed by atoms with E-state index in [-0.39, 0.29) is 0 Å². The van der Waals surface area contributed by atoms with Crippen molar-refractivity contribution in [2.45, 2.75) is 13.8 Å². The first-order chi connectivity index (χ1) is 13.8. The molecular weight excluding hydrogens is 350 g/mol. The van der Waals surface area contributed by atoms with Gasteiger partial charge < -0.3 is 19.9 Å². The molecule has 2 aliphatic rings. The average Bonchev–Trinajstić information content (AvgIpc) is 3.34. The molecule has 1 atom stereocenters. The van der Waals surface area contributed by atoms with Crippen LogP contribution in [0.3, 0.4) is 0 Å². The van der Waals surface area contributed by atoms with Gasteiger partial charge in [0.25, 0.3) is 0 Å². The Bertz CT molecular complexity index is 816. The number of benzene rings is 1. The Morgan fingerprint density at radius 1 is 1.18 bits per heavy atom. The standard InChI is InChI=1S/C22H29N5O/c1-3-26(4-2)10-11-28-20-7-5-6-17(12-20)21-8-9-22(25-24-21)27-15-18-13-23-14-19(18)16-27/h5-9,12-13,19,23H,3-4,10-11,14-16H2,1-2H3. The highest BCUT2D eigenvalue weighted by molar-refractivity contribution is 5.62. The molecule has 4 rings (SSSR count). The number of rotatable bonds is 8. The van der Waals surface area contributed by atoms with E-state index in [0.29, 0.717) is 12.5 Å². The lowest BCUT2D eigenvalue weighted by atomic mass is 10.1. The molecule has 28 heavy (non-hydrogen) atoms. The highest BCUT2D eigenvalue weighted by atomic mass is 16.5. The summed E-state index contributed by atoms with van der Waals surface area (Å²) < 4.78 is 5.94. The zero-order valence-corrected chi connectivity index (χ0v) is 16.8. The van der Waals surface area contributed by atoms with Gasteiger partial charge >= 0.3 is 0 Å². The van der Waals surface area contributed by atoms with Gasteiger partial charge in [-0.15, -0.1) is 10.2 Å². The van der Waals surface area contributed by atoms with Crippen LogP contribution in [-0.2, 0) is 0 Å². The fraction of sp³-hybridized carbons (Fsp3) is 0.455. The average molecular weight is 380 g/mol. The number of fused-ring (bicyclic) bond motifs is 1. The zero-order chi connectivity index (χ0) is 19.3. The van der Waals surface area contributed by atoms with E-state index < -0.39 is 0 Å². The van der Waals surface area contributed by atoms with Crippen molar-refractivity contribution in [2.75, 3.05) is 50.8 Å². The zero-order valence-electron chi connectivity index (χ0n) is 16.8. The first-order valence-electron chi connectivity index (χ1n) is 10.2. The molecule has 1 aromatic carbocycles. The summed E-state index contributed by atoms with van der Waals surface area (Å²) >= 11 is 0. The quantitative estimate of drug-likeness (QED) is 0.761. The van der Waals surface area contributed by atoms with E-state index in [1.54, 1.807) is 0 Å². The highest BCUT2D eigenvalue weighted by Crippen LogP contribution is 2.29. The number of likely N-dealkylation sites (N-methyl/N-ethyl adjacent to an activating group) is 1. The molecule has 1 saturated heterocycles. The van der Waals surface area contributed by atoms with E-state index in [9.17, 15) is 0 Å². The van der Waals surface area contributed by atoms with E-state index in [1.165, 1.54) is 5.57 Å². The monoisotopic (exact) mass is 379 g/mol. The van der Waals surface area contributed by atoms with Crippen LogP contribution in [0.15, 0.2) is 48.2 Å². The van der Waals surface area contributed by atoms with E-state index in [2.05, 4.69) is 63.6 Å². The lowest BCUT2D eigenvalue weighted by molar-refractivity contribution is 0.223. The lowest BCUT2D eigenvalue weighted by Crippen LogP contribution is -2.27. The fourth-order valence-corrected chi connectivity index (χ4v) is 3.89. The molecule has 6 heteroatoms. The van der Waals surface area contributed by atoms with Crippen LogP contribution in [0.5, 0.6) is 5.75 Å². The topological polar surface area (TPSA) is 53.5 Å². The van der Waals surface area contributed by atoms with Crippen molar-refractivity contribution in [2.24, 2.45) is 5.92 Å². The van der Waals surface area contributed by atoms with Crippen LogP contribution < -0.4 is 15.0 Å².